The molecule has 3 saturated heterocycles. The summed E-state index contributed by atoms with van der Waals surface area (Å²) in [6, 6.07) is 13.0. The number of nitrogens with one attached hydrogen (secondary N) is 3. The van der Waals surface area contributed by atoms with Gasteiger partial charge in [0.2, 0.25) is 11.8 Å². The second kappa shape index (κ2) is 19.5. The van der Waals surface area contributed by atoms with Crippen LogP contribution in [-0.2, 0) is 40.0 Å². The number of piperidine rings is 2. The van der Waals surface area contributed by atoms with Crippen molar-refractivity contribution in [3.8, 4) is 17.1 Å². The fourth-order valence-electron chi connectivity index (χ4n) is 9.85. The minimum atomic E-state index is -4.76. The SMILES string of the molecule is CN(C=N)C(=N)Cc1cccc(-n2cc3c(C(F)(F)F)cc(-c4nccn4CCOCCN4CCC(CN5CCN(c6ccc7c(c6)CN(C6CCC(=O)NC6=O)C7=O)CC5)CC4)cn3c2=O)c1. The van der Waals surface area contributed by atoms with Crippen molar-refractivity contribution in [3.05, 3.63) is 106 Å². The van der Waals surface area contributed by atoms with Crippen LogP contribution in [0, 0.1) is 16.7 Å². The van der Waals surface area contributed by atoms with Crippen molar-refractivity contribution in [1.82, 2.24) is 43.4 Å². The molecule has 5 aromatic rings. The summed E-state index contributed by atoms with van der Waals surface area (Å²) in [7, 11) is 1.57. The zero-order chi connectivity index (χ0) is 47.7. The molecule has 0 bridgehead atoms. The van der Waals surface area contributed by atoms with E-state index < -0.39 is 29.4 Å². The monoisotopic (exact) mass is 936 g/mol. The summed E-state index contributed by atoms with van der Waals surface area (Å²) in [5.74, 6) is 0.165. The quantitative estimate of drug-likeness (QED) is 0.0592. The van der Waals surface area contributed by atoms with Gasteiger partial charge in [0.1, 0.15) is 17.7 Å². The first kappa shape index (κ1) is 46.5. The number of fused-ring (bicyclic) bond motifs is 2. The fourth-order valence-corrected chi connectivity index (χ4v) is 9.85. The van der Waals surface area contributed by atoms with Gasteiger partial charge in [-0.05, 0) is 85.8 Å². The number of imide groups is 1. The van der Waals surface area contributed by atoms with E-state index in [4.69, 9.17) is 15.6 Å². The molecule has 1 atom stereocenters. The Morgan fingerprint density at radius 1 is 0.926 bits per heavy atom. The number of alkyl halides is 3. The number of halogens is 3. The molecule has 3 aromatic heterocycles. The number of ether oxygens (including phenoxy) is 1. The molecular formula is C48H55F3N12O5. The standard InChI is InChI=1S/C48H55F3N12O5/c1-56(31-52)42(53)24-33-3-2-4-37(23-33)61-30-41-39(48(49,50)51)26-35(29-63(41)47(61)67)44-54-11-14-60(44)20-22-68-21-19-57-12-9-32(10-13-57)27-58-15-17-59(18-16-58)36-5-6-38-34(25-36)28-62(46(38)66)40-7-8-43(64)55-45(40)65/h2-6,11,14,23,25-26,29-32,40,52-53H,7-10,12-13,15-22,24,27-28H2,1H3,(H,55,64,65). The third-order valence-corrected chi connectivity index (χ3v) is 13.7. The van der Waals surface area contributed by atoms with Crippen LogP contribution in [0.2, 0.25) is 0 Å². The van der Waals surface area contributed by atoms with Gasteiger partial charge in [0, 0.05) is 114 Å². The van der Waals surface area contributed by atoms with Crippen molar-refractivity contribution >= 4 is 41.1 Å². The minimum absolute atomic E-state index is 0.135. The van der Waals surface area contributed by atoms with Gasteiger partial charge in [-0.3, -0.25) is 44.4 Å². The normalized spacial score (nSPS) is 18.6. The summed E-state index contributed by atoms with van der Waals surface area (Å²) < 4.78 is 53.7. The number of rotatable bonds is 15. The van der Waals surface area contributed by atoms with E-state index in [-0.39, 0.29) is 47.4 Å². The molecule has 0 spiro atoms. The van der Waals surface area contributed by atoms with Crippen LogP contribution in [-0.4, -0.2) is 147 Å². The Hall–Kier alpha value is -6.64. The Labute approximate surface area is 390 Å². The van der Waals surface area contributed by atoms with Crippen LogP contribution in [0.1, 0.15) is 52.7 Å². The van der Waals surface area contributed by atoms with Gasteiger partial charge in [-0.15, -0.1) is 0 Å². The number of piperazine rings is 1. The number of pyridine rings is 1. The number of carbonyl (C=O) groups excluding carboxylic acids is 3. The van der Waals surface area contributed by atoms with Crippen molar-refractivity contribution < 1.29 is 32.3 Å². The second-order valence-corrected chi connectivity index (χ2v) is 18.1. The molecule has 3 N–H and O–H groups in total. The molecule has 7 heterocycles. The number of likely N-dealkylation sites (N-methyl/N-ethyl adjacent to an activating group) is 1. The van der Waals surface area contributed by atoms with E-state index in [2.05, 4.69) is 31.1 Å². The Morgan fingerprint density at radius 3 is 2.46 bits per heavy atom. The van der Waals surface area contributed by atoms with E-state index in [1.165, 1.54) is 28.1 Å². The van der Waals surface area contributed by atoms with Gasteiger partial charge < -0.3 is 28.9 Å². The second-order valence-electron chi connectivity index (χ2n) is 18.1. The molecule has 1 unspecified atom stereocenters. The molecule has 17 nitrogen and oxygen atoms in total. The van der Waals surface area contributed by atoms with Gasteiger partial charge in [0.15, 0.2) is 0 Å². The average molecular weight is 937 g/mol. The molecule has 0 saturated carbocycles. The van der Waals surface area contributed by atoms with Gasteiger partial charge in [0.25, 0.3) is 5.91 Å². The highest BCUT2D eigenvalue weighted by Crippen LogP contribution is 2.36. The van der Waals surface area contributed by atoms with Crippen LogP contribution in [0.4, 0.5) is 18.9 Å². The van der Waals surface area contributed by atoms with Gasteiger partial charge in [-0.2, -0.15) is 13.2 Å². The number of carbonyl (C=O) groups is 3. The number of hydrogen-bond donors (Lipinski definition) is 3. The lowest BCUT2D eigenvalue weighted by Gasteiger charge is -2.39. The van der Waals surface area contributed by atoms with Crippen molar-refractivity contribution in [2.75, 3.05) is 77.5 Å². The van der Waals surface area contributed by atoms with Gasteiger partial charge in [-0.1, -0.05) is 12.1 Å². The van der Waals surface area contributed by atoms with Crippen molar-refractivity contribution in [1.29, 1.82) is 10.8 Å². The summed E-state index contributed by atoms with van der Waals surface area (Å²) in [5.41, 5.74) is 1.81. The van der Waals surface area contributed by atoms with Crippen molar-refractivity contribution in [2.24, 2.45) is 5.92 Å². The highest BCUT2D eigenvalue weighted by molar-refractivity contribution is 6.05. The Kier molecular flexibility index (Phi) is 13.3. The smallest absolute Gasteiger partial charge is 0.378 e. The summed E-state index contributed by atoms with van der Waals surface area (Å²) in [6.07, 6.45) is 4.95. The van der Waals surface area contributed by atoms with Crippen LogP contribution in [0.3, 0.4) is 0 Å². The molecular weight excluding hydrogens is 882 g/mol. The molecule has 2 aromatic carbocycles. The number of hydrogen-bond acceptors (Lipinski definition) is 11. The number of amides is 3. The summed E-state index contributed by atoms with van der Waals surface area (Å²) >= 11 is 0. The van der Waals surface area contributed by atoms with Crippen LogP contribution < -0.4 is 15.9 Å². The highest BCUT2D eigenvalue weighted by atomic mass is 19.4. The number of aromatic nitrogens is 4. The first-order chi connectivity index (χ1) is 32.7. The van der Waals surface area contributed by atoms with E-state index in [1.807, 2.05) is 12.1 Å². The first-order valence-corrected chi connectivity index (χ1v) is 23.1. The lowest BCUT2D eigenvalue weighted by Crippen LogP contribution is -2.52. The summed E-state index contributed by atoms with van der Waals surface area (Å²) in [5, 5.41) is 17.9. The lowest BCUT2D eigenvalue weighted by molar-refractivity contribution is -0.137. The number of nitrogens with zero attached hydrogens (tertiary/aromatic N) is 9. The molecule has 0 aliphatic carbocycles. The van der Waals surface area contributed by atoms with Crippen molar-refractivity contribution in [3.63, 3.8) is 0 Å². The molecule has 358 valence electrons. The highest BCUT2D eigenvalue weighted by Gasteiger charge is 2.40. The minimum Gasteiger partial charge on any atom is -0.378 e. The third kappa shape index (κ3) is 9.84. The molecule has 4 aliphatic rings. The number of imidazole rings is 2. The third-order valence-electron chi connectivity index (χ3n) is 13.7. The topological polar surface area (TPSA) is 181 Å². The Balaban J connectivity index is 0.728. The zero-order valence-corrected chi connectivity index (χ0v) is 37.9. The maximum Gasteiger partial charge on any atom is 0.418 e. The number of likely N-dealkylation sites (tertiary alicyclic amines) is 1. The van der Waals surface area contributed by atoms with Gasteiger partial charge in [0.05, 0.1) is 36.3 Å². The molecule has 3 fully saturated rings. The summed E-state index contributed by atoms with van der Waals surface area (Å²) in [6.45, 7) is 9.01. The van der Waals surface area contributed by atoms with Gasteiger partial charge >= 0.3 is 11.9 Å². The predicted molar refractivity (Wildman–Crippen MR) is 248 cm³/mol. The number of anilines is 1. The fraction of sp³-hybridized carbons (Fsp3) is 0.438. The van der Waals surface area contributed by atoms with E-state index in [1.54, 1.807) is 47.0 Å². The Bertz CT molecular complexity index is 2790. The molecule has 9 rings (SSSR count). The largest absolute Gasteiger partial charge is 0.418 e. The zero-order valence-electron chi connectivity index (χ0n) is 37.9. The predicted octanol–water partition coefficient (Wildman–Crippen LogP) is 4.34. The van der Waals surface area contributed by atoms with Crippen LogP contribution in [0.25, 0.3) is 22.6 Å². The van der Waals surface area contributed by atoms with E-state index in [0.29, 0.717) is 55.5 Å². The van der Waals surface area contributed by atoms with Gasteiger partial charge in [-0.25, -0.2) is 9.78 Å². The molecule has 20 heteroatoms. The maximum atomic E-state index is 14.6. The summed E-state index contributed by atoms with van der Waals surface area (Å²) in [4.78, 5) is 65.6. The maximum absolute atomic E-state index is 14.6. The lowest BCUT2D eigenvalue weighted by atomic mass is 9.96. The van der Waals surface area contributed by atoms with E-state index >= 15 is 0 Å². The molecule has 4 aliphatic heterocycles. The van der Waals surface area contributed by atoms with Crippen LogP contribution in [0.5, 0.6) is 0 Å². The number of amidine groups is 1. The molecule has 0 radical (unpaired) electrons. The number of benzene rings is 2. The van der Waals surface area contributed by atoms with Crippen molar-refractivity contribution in [2.45, 2.75) is 57.4 Å². The first-order valence-electron chi connectivity index (χ1n) is 23.1. The molecule has 3 amide bonds. The van der Waals surface area contributed by atoms with E-state index in [9.17, 15) is 32.3 Å². The van der Waals surface area contributed by atoms with Crippen LogP contribution >= 0.6 is 0 Å². The molecule has 68 heavy (non-hydrogen) atoms. The van der Waals surface area contributed by atoms with Crippen LogP contribution in [0.15, 0.2) is 78.1 Å². The average Bonchev–Trinajstić information content (AvgIpc) is 4.03. The van der Waals surface area contributed by atoms with E-state index in [0.717, 1.165) is 93.3 Å². The Morgan fingerprint density at radius 2 is 1.71 bits per heavy atom.